The summed E-state index contributed by atoms with van der Waals surface area (Å²) in [6.45, 7) is 0.107. The largest absolute Gasteiger partial charge is 0.396 e. The van der Waals surface area contributed by atoms with Crippen LogP contribution in [0.1, 0.15) is 6.42 Å². The van der Waals surface area contributed by atoms with Gasteiger partial charge in [-0.15, -0.1) is 0 Å². The monoisotopic (exact) mass is 279 g/mol. The van der Waals surface area contributed by atoms with E-state index in [4.69, 9.17) is 5.11 Å². The summed E-state index contributed by atoms with van der Waals surface area (Å²) < 4.78 is 0. The minimum Gasteiger partial charge on any atom is -0.396 e. The maximum Gasteiger partial charge on any atom is 0.260 e. The molecule has 0 radical (unpaired) electrons. The lowest BCUT2D eigenvalue weighted by atomic mass is 10.2. The molecule has 2 aromatic rings. The van der Waals surface area contributed by atoms with Crippen LogP contribution in [-0.2, 0) is 0 Å². The molecular formula is C13H17N3O2S. The van der Waals surface area contributed by atoms with Crippen LogP contribution in [0.25, 0.3) is 10.9 Å². The summed E-state index contributed by atoms with van der Waals surface area (Å²) in [5, 5.41) is 12.8. The maximum atomic E-state index is 11.9. The zero-order valence-electron chi connectivity index (χ0n) is 10.7. The highest BCUT2D eigenvalue weighted by molar-refractivity contribution is 7.98. The highest BCUT2D eigenvalue weighted by Gasteiger charge is 2.10. The predicted octanol–water partition coefficient (Wildman–Crippen LogP) is 1.45. The number of fused-ring (bicyclic) bond motifs is 1. The van der Waals surface area contributed by atoms with Crippen LogP contribution in [-0.4, -0.2) is 39.7 Å². The van der Waals surface area contributed by atoms with Crippen molar-refractivity contribution < 1.29 is 5.11 Å². The fourth-order valence-corrected chi connectivity index (χ4v) is 2.55. The summed E-state index contributed by atoms with van der Waals surface area (Å²) in [6, 6.07) is 7.31. The maximum absolute atomic E-state index is 11.9. The number of rotatable bonds is 6. The van der Waals surface area contributed by atoms with E-state index in [1.165, 1.54) is 0 Å². The van der Waals surface area contributed by atoms with E-state index < -0.39 is 0 Å². The molecule has 1 heterocycles. The zero-order valence-corrected chi connectivity index (χ0v) is 11.5. The van der Waals surface area contributed by atoms with Gasteiger partial charge in [-0.2, -0.15) is 11.8 Å². The van der Waals surface area contributed by atoms with Gasteiger partial charge in [-0.1, -0.05) is 12.1 Å². The van der Waals surface area contributed by atoms with Gasteiger partial charge in [0.1, 0.15) is 0 Å². The van der Waals surface area contributed by atoms with Gasteiger partial charge < -0.3 is 10.4 Å². The van der Waals surface area contributed by atoms with Gasteiger partial charge in [0.2, 0.25) is 5.95 Å². The third kappa shape index (κ3) is 3.48. The lowest BCUT2D eigenvalue weighted by Gasteiger charge is -2.17. The summed E-state index contributed by atoms with van der Waals surface area (Å²) >= 11 is 1.68. The molecule has 3 N–H and O–H groups in total. The van der Waals surface area contributed by atoms with Crippen molar-refractivity contribution in [3.8, 4) is 0 Å². The first-order valence-electron chi connectivity index (χ1n) is 6.10. The third-order valence-corrected chi connectivity index (χ3v) is 3.53. The molecule has 2 rings (SSSR count). The number of para-hydroxylation sites is 1. The Hall–Kier alpha value is -1.53. The molecule has 0 spiro atoms. The van der Waals surface area contributed by atoms with E-state index in [1.54, 1.807) is 17.8 Å². The fourth-order valence-electron chi connectivity index (χ4n) is 1.90. The Morgan fingerprint density at radius 2 is 2.26 bits per heavy atom. The average molecular weight is 279 g/mol. The van der Waals surface area contributed by atoms with Crippen LogP contribution in [0.2, 0.25) is 0 Å². The first-order chi connectivity index (χ1) is 9.24. The molecular weight excluding hydrogens is 262 g/mol. The highest BCUT2D eigenvalue weighted by atomic mass is 32.2. The van der Waals surface area contributed by atoms with Gasteiger partial charge in [-0.3, -0.25) is 9.78 Å². The molecule has 1 atom stereocenters. The molecule has 0 unspecified atom stereocenters. The molecule has 5 nitrogen and oxygen atoms in total. The summed E-state index contributed by atoms with van der Waals surface area (Å²) in [5.41, 5.74) is 0.514. The summed E-state index contributed by atoms with van der Waals surface area (Å²) in [4.78, 5) is 19.0. The Morgan fingerprint density at radius 1 is 1.47 bits per heavy atom. The second kappa shape index (κ2) is 6.58. The number of thioether (sulfide) groups is 1. The van der Waals surface area contributed by atoms with Crippen molar-refractivity contribution in [2.45, 2.75) is 12.5 Å². The van der Waals surface area contributed by atoms with Gasteiger partial charge in [-0.05, 0) is 24.8 Å². The first kappa shape index (κ1) is 13.9. The summed E-state index contributed by atoms with van der Waals surface area (Å²) in [7, 11) is 0. The Kier molecular flexibility index (Phi) is 4.81. The highest BCUT2D eigenvalue weighted by Crippen LogP contribution is 2.11. The lowest BCUT2D eigenvalue weighted by Crippen LogP contribution is -2.26. The standard InChI is InChI=1S/C13H17N3O2S/c1-19-8-9(6-7-17)14-13-15-11-5-3-2-4-10(11)12(18)16-13/h2-5,9,17H,6-8H2,1H3,(H2,14,15,16,18)/t9-/m1/s1. The first-order valence-corrected chi connectivity index (χ1v) is 7.49. The van der Waals surface area contributed by atoms with E-state index >= 15 is 0 Å². The number of aliphatic hydroxyl groups is 1. The van der Waals surface area contributed by atoms with E-state index in [0.29, 0.717) is 23.3 Å². The van der Waals surface area contributed by atoms with Crippen LogP contribution in [0.15, 0.2) is 29.1 Å². The molecule has 0 aliphatic rings. The number of aromatic amines is 1. The quantitative estimate of drug-likeness (QED) is 0.746. The molecule has 19 heavy (non-hydrogen) atoms. The topological polar surface area (TPSA) is 78.0 Å². The smallest absolute Gasteiger partial charge is 0.260 e. The molecule has 6 heteroatoms. The Bertz CT molecular complexity index is 594. The molecule has 0 fully saturated rings. The van der Waals surface area contributed by atoms with Crippen LogP contribution >= 0.6 is 11.8 Å². The van der Waals surface area contributed by atoms with Gasteiger partial charge in [0.15, 0.2) is 0 Å². The van der Waals surface area contributed by atoms with E-state index in [0.717, 1.165) is 5.75 Å². The van der Waals surface area contributed by atoms with E-state index in [2.05, 4.69) is 15.3 Å². The number of nitrogens with zero attached hydrogens (tertiary/aromatic N) is 1. The number of nitrogens with one attached hydrogen (secondary N) is 2. The molecule has 0 bridgehead atoms. The normalized spacial score (nSPS) is 12.5. The minimum absolute atomic E-state index is 0.0873. The molecule has 0 amide bonds. The molecule has 1 aromatic heterocycles. The van der Waals surface area contributed by atoms with Crippen molar-refractivity contribution in [3.63, 3.8) is 0 Å². The van der Waals surface area contributed by atoms with Crippen LogP contribution in [0, 0.1) is 0 Å². The number of aliphatic hydroxyl groups excluding tert-OH is 1. The minimum atomic E-state index is -0.153. The molecule has 102 valence electrons. The van der Waals surface area contributed by atoms with Crippen molar-refractivity contribution in [3.05, 3.63) is 34.6 Å². The number of hydrogen-bond acceptors (Lipinski definition) is 5. The summed E-state index contributed by atoms with van der Waals surface area (Å²) in [5.74, 6) is 1.30. The van der Waals surface area contributed by atoms with E-state index in [-0.39, 0.29) is 18.2 Å². The SMILES string of the molecule is CSC[C@@H](CCO)Nc1nc2ccccc2c(=O)[nH]1. The van der Waals surface area contributed by atoms with Gasteiger partial charge >= 0.3 is 0 Å². The molecule has 0 saturated heterocycles. The van der Waals surface area contributed by atoms with Crippen molar-refractivity contribution in [1.29, 1.82) is 0 Å². The van der Waals surface area contributed by atoms with Gasteiger partial charge in [-0.25, -0.2) is 4.98 Å². The van der Waals surface area contributed by atoms with Gasteiger partial charge in [0.25, 0.3) is 5.56 Å². The average Bonchev–Trinajstić information content (AvgIpc) is 2.39. The third-order valence-electron chi connectivity index (χ3n) is 2.80. The number of anilines is 1. The second-order valence-corrected chi connectivity index (χ2v) is 5.15. The molecule has 1 aromatic carbocycles. The summed E-state index contributed by atoms with van der Waals surface area (Å²) in [6.07, 6.45) is 2.62. The molecule has 0 aliphatic carbocycles. The Balaban J connectivity index is 2.27. The van der Waals surface area contributed by atoms with Crippen molar-refractivity contribution in [1.82, 2.24) is 9.97 Å². The van der Waals surface area contributed by atoms with Crippen LogP contribution in [0.5, 0.6) is 0 Å². The molecule has 0 aliphatic heterocycles. The van der Waals surface area contributed by atoms with Crippen LogP contribution in [0.3, 0.4) is 0 Å². The fraction of sp³-hybridized carbons (Fsp3) is 0.385. The zero-order chi connectivity index (χ0) is 13.7. The van der Waals surface area contributed by atoms with E-state index in [1.807, 2.05) is 24.5 Å². The van der Waals surface area contributed by atoms with Crippen LogP contribution < -0.4 is 10.9 Å². The molecule has 0 saturated carbocycles. The number of aromatic nitrogens is 2. The van der Waals surface area contributed by atoms with Crippen molar-refractivity contribution in [2.24, 2.45) is 0 Å². The number of benzene rings is 1. The van der Waals surface area contributed by atoms with Gasteiger partial charge in [0.05, 0.1) is 10.9 Å². The van der Waals surface area contributed by atoms with E-state index in [9.17, 15) is 4.79 Å². The predicted molar refractivity (Wildman–Crippen MR) is 79.9 cm³/mol. The number of hydrogen-bond donors (Lipinski definition) is 3. The number of H-pyrrole nitrogens is 1. The Labute approximate surface area is 115 Å². The lowest BCUT2D eigenvalue weighted by molar-refractivity contribution is 0.282. The van der Waals surface area contributed by atoms with Gasteiger partial charge in [0, 0.05) is 18.4 Å². The van der Waals surface area contributed by atoms with Crippen LogP contribution in [0.4, 0.5) is 5.95 Å². The Morgan fingerprint density at radius 3 is 3.00 bits per heavy atom. The van der Waals surface area contributed by atoms with Crippen molar-refractivity contribution in [2.75, 3.05) is 23.9 Å². The van der Waals surface area contributed by atoms with Crippen molar-refractivity contribution >= 4 is 28.6 Å². The second-order valence-electron chi connectivity index (χ2n) is 4.24.